The highest BCUT2D eigenvalue weighted by molar-refractivity contribution is 4.91. The summed E-state index contributed by atoms with van der Waals surface area (Å²) in [6.07, 6.45) is 2.66. The number of rotatable bonds is 7. The topological polar surface area (TPSA) is 18.5 Å². The minimum atomic E-state index is 0.348. The largest absolute Gasteiger partial charge is 0.310 e. The van der Waals surface area contributed by atoms with Crippen molar-refractivity contribution in [1.82, 2.24) is 15.1 Å². The van der Waals surface area contributed by atoms with E-state index in [-0.39, 0.29) is 0 Å². The summed E-state index contributed by atoms with van der Waals surface area (Å²) in [5.41, 5.74) is 0.348. The average Bonchev–Trinajstić information content (AvgIpc) is 2.60. The van der Waals surface area contributed by atoms with E-state index < -0.39 is 0 Å². The molecule has 0 bridgehead atoms. The molecule has 0 aromatic rings. The van der Waals surface area contributed by atoms with Gasteiger partial charge in [-0.15, -0.1) is 0 Å². The fraction of sp³-hybridized carbons (Fsp3) is 1.00. The van der Waals surface area contributed by atoms with Gasteiger partial charge in [0.25, 0.3) is 0 Å². The van der Waals surface area contributed by atoms with Gasteiger partial charge in [-0.25, -0.2) is 0 Å². The van der Waals surface area contributed by atoms with E-state index in [0.29, 0.717) is 5.54 Å². The molecule has 1 saturated heterocycles. The highest BCUT2D eigenvalue weighted by Crippen LogP contribution is 2.20. The molecule has 1 heterocycles. The first-order chi connectivity index (χ1) is 7.91. The molecule has 1 aliphatic rings. The fourth-order valence-corrected chi connectivity index (χ4v) is 2.68. The van der Waals surface area contributed by atoms with Gasteiger partial charge in [0.15, 0.2) is 0 Å². The molecule has 1 N–H and O–H groups in total. The summed E-state index contributed by atoms with van der Waals surface area (Å²) < 4.78 is 0. The summed E-state index contributed by atoms with van der Waals surface area (Å²) in [5.74, 6) is 0.752. The van der Waals surface area contributed by atoms with E-state index in [1.54, 1.807) is 0 Å². The van der Waals surface area contributed by atoms with Crippen LogP contribution in [0.3, 0.4) is 0 Å². The van der Waals surface area contributed by atoms with E-state index in [1.807, 2.05) is 0 Å². The normalized spacial score (nSPS) is 25.4. The Morgan fingerprint density at radius 2 is 1.94 bits per heavy atom. The Balaban J connectivity index is 2.44. The van der Waals surface area contributed by atoms with Crippen molar-refractivity contribution in [3.05, 3.63) is 0 Å². The standard InChI is InChI=1S/C14H31N3/c1-13(2)11-17(10-9-16(4)5)12-14(3)7-6-8-15-14/h13,15H,6-12H2,1-5H3. The Morgan fingerprint density at radius 3 is 2.41 bits per heavy atom. The van der Waals surface area contributed by atoms with Gasteiger partial charge in [-0.1, -0.05) is 13.8 Å². The SMILES string of the molecule is CC(C)CN(CCN(C)C)CC1(C)CCCN1. The molecule has 3 heteroatoms. The highest BCUT2D eigenvalue weighted by Gasteiger charge is 2.30. The predicted molar refractivity (Wildman–Crippen MR) is 75.5 cm³/mol. The van der Waals surface area contributed by atoms with Crippen LogP contribution in [0.2, 0.25) is 0 Å². The molecule has 0 aromatic heterocycles. The highest BCUT2D eigenvalue weighted by atomic mass is 15.2. The third-order valence-electron chi connectivity index (χ3n) is 3.52. The maximum atomic E-state index is 3.67. The van der Waals surface area contributed by atoms with Gasteiger partial charge in [0, 0.05) is 31.7 Å². The molecule has 1 aliphatic heterocycles. The number of likely N-dealkylation sites (N-methyl/N-ethyl adjacent to an activating group) is 1. The van der Waals surface area contributed by atoms with Crippen molar-refractivity contribution < 1.29 is 0 Å². The molecule has 0 radical (unpaired) electrons. The van der Waals surface area contributed by atoms with E-state index in [0.717, 1.165) is 12.5 Å². The number of nitrogens with zero attached hydrogens (tertiary/aromatic N) is 2. The van der Waals surface area contributed by atoms with Crippen molar-refractivity contribution >= 4 is 0 Å². The summed E-state index contributed by atoms with van der Waals surface area (Å²) in [6.45, 7) is 12.9. The van der Waals surface area contributed by atoms with E-state index in [2.05, 4.69) is 50.0 Å². The first-order valence-corrected chi connectivity index (χ1v) is 7.03. The van der Waals surface area contributed by atoms with E-state index >= 15 is 0 Å². The molecule has 1 unspecified atom stereocenters. The van der Waals surface area contributed by atoms with Crippen molar-refractivity contribution in [3.8, 4) is 0 Å². The Bertz CT molecular complexity index is 208. The molecule has 1 rings (SSSR count). The molecule has 1 fully saturated rings. The Kier molecular flexibility index (Phi) is 5.90. The van der Waals surface area contributed by atoms with Gasteiger partial charge in [-0.05, 0) is 46.3 Å². The summed E-state index contributed by atoms with van der Waals surface area (Å²) in [4.78, 5) is 4.90. The molecule has 0 aliphatic carbocycles. The molecule has 0 aromatic carbocycles. The molecule has 1 atom stereocenters. The number of hydrogen-bond donors (Lipinski definition) is 1. The maximum Gasteiger partial charge on any atom is 0.0280 e. The molecular weight excluding hydrogens is 210 g/mol. The van der Waals surface area contributed by atoms with Gasteiger partial charge in [0.05, 0.1) is 0 Å². The summed E-state index contributed by atoms with van der Waals surface area (Å²) in [5, 5.41) is 3.67. The van der Waals surface area contributed by atoms with Crippen LogP contribution in [0.4, 0.5) is 0 Å². The second kappa shape index (κ2) is 6.72. The van der Waals surface area contributed by atoms with Gasteiger partial charge >= 0.3 is 0 Å². The Labute approximate surface area is 108 Å². The average molecular weight is 241 g/mol. The zero-order valence-electron chi connectivity index (χ0n) is 12.4. The molecular formula is C14H31N3. The van der Waals surface area contributed by atoms with Crippen molar-refractivity contribution in [2.24, 2.45) is 5.92 Å². The fourth-order valence-electron chi connectivity index (χ4n) is 2.68. The summed E-state index contributed by atoms with van der Waals surface area (Å²) >= 11 is 0. The minimum absolute atomic E-state index is 0.348. The molecule has 3 nitrogen and oxygen atoms in total. The van der Waals surface area contributed by atoms with Gasteiger partial charge < -0.3 is 10.2 Å². The van der Waals surface area contributed by atoms with Gasteiger partial charge in [-0.2, -0.15) is 0 Å². The molecule has 0 spiro atoms. The van der Waals surface area contributed by atoms with Crippen LogP contribution < -0.4 is 5.32 Å². The number of hydrogen-bond acceptors (Lipinski definition) is 3. The zero-order valence-corrected chi connectivity index (χ0v) is 12.4. The van der Waals surface area contributed by atoms with Gasteiger partial charge in [0.1, 0.15) is 0 Å². The molecule has 0 saturated carbocycles. The van der Waals surface area contributed by atoms with Crippen LogP contribution in [-0.4, -0.2) is 62.2 Å². The third kappa shape index (κ3) is 5.84. The van der Waals surface area contributed by atoms with Crippen LogP contribution >= 0.6 is 0 Å². The first-order valence-electron chi connectivity index (χ1n) is 7.03. The lowest BCUT2D eigenvalue weighted by atomic mass is 9.99. The van der Waals surface area contributed by atoms with Crippen LogP contribution in [0.5, 0.6) is 0 Å². The zero-order chi connectivity index (χ0) is 12.9. The van der Waals surface area contributed by atoms with E-state index in [9.17, 15) is 0 Å². The minimum Gasteiger partial charge on any atom is -0.310 e. The van der Waals surface area contributed by atoms with E-state index in [1.165, 1.54) is 39.0 Å². The predicted octanol–water partition coefficient (Wildman–Crippen LogP) is 1.65. The van der Waals surface area contributed by atoms with Crippen LogP contribution in [-0.2, 0) is 0 Å². The molecule has 0 amide bonds. The summed E-state index contributed by atoms with van der Waals surface area (Å²) in [7, 11) is 4.31. The second-order valence-corrected chi connectivity index (χ2v) is 6.52. The maximum absolute atomic E-state index is 3.67. The quantitative estimate of drug-likeness (QED) is 0.731. The van der Waals surface area contributed by atoms with E-state index in [4.69, 9.17) is 0 Å². The third-order valence-corrected chi connectivity index (χ3v) is 3.52. The first kappa shape index (κ1) is 14.9. The van der Waals surface area contributed by atoms with Crippen LogP contribution in [0.15, 0.2) is 0 Å². The smallest absolute Gasteiger partial charge is 0.0280 e. The van der Waals surface area contributed by atoms with Crippen molar-refractivity contribution in [2.75, 3.05) is 46.8 Å². The van der Waals surface area contributed by atoms with Crippen molar-refractivity contribution in [3.63, 3.8) is 0 Å². The second-order valence-electron chi connectivity index (χ2n) is 6.52. The van der Waals surface area contributed by atoms with Crippen LogP contribution in [0.1, 0.15) is 33.6 Å². The van der Waals surface area contributed by atoms with Crippen molar-refractivity contribution in [2.45, 2.75) is 39.2 Å². The van der Waals surface area contributed by atoms with Gasteiger partial charge in [0.2, 0.25) is 0 Å². The Morgan fingerprint density at radius 1 is 1.24 bits per heavy atom. The monoisotopic (exact) mass is 241 g/mol. The van der Waals surface area contributed by atoms with Crippen molar-refractivity contribution in [1.29, 1.82) is 0 Å². The molecule has 17 heavy (non-hydrogen) atoms. The summed E-state index contributed by atoms with van der Waals surface area (Å²) in [6, 6.07) is 0. The lowest BCUT2D eigenvalue weighted by molar-refractivity contribution is 0.171. The van der Waals surface area contributed by atoms with Crippen LogP contribution in [0.25, 0.3) is 0 Å². The lowest BCUT2D eigenvalue weighted by Crippen LogP contribution is -2.49. The lowest BCUT2D eigenvalue weighted by Gasteiger charge is -2.34. The Hall–Kier alpha value is -0.120. The molecule has 102 valence electrons. The van der Waals surface area contributed by atoms with Gasteiger partial charge in [-0.3, -0.25) is 4.90 Å². The van der Waals surface area contributed by atoms with Crippen LogP contribution in [0, 0.1) is 5.92 Å². The number of nitrogens with one attached hydrogen (secondary N) is 1.